The molecule has 0 saturated carbocycles. The van der Waals surface area contributed by atoms with Crippen molar-refractivity contribution in [2.45, 2.75) is 31.7 Å². The van der Waals surface area contributed by atoms with E-state index in [4.69, 9.17) is 5.26 Å². The number of hydrogen-bond donors (Lipinski definition) is 2. The molecule has 0 aromatic heterocycles. The molecule has 1 saturated heterocycles. The van der Waals surface area contributed by atoms with E-state index >= 15 is 0 Å². The van der Waals surface area contributed by atoms with Crippen molar-refractivity contribution in [1.82, 2.24) is 5.32 Å². The van der Waals surface area contributed by atoms with Gasteiger partial charge in [-0.3, -0.25) is 4.79 Å². The molecule has 1 fully saturated rings. The summed E-state index contributed by atoms with van der Waals surface area (Å²) in [5.74, 6) is -0.703. The first kappa shape index (κ1) is 13.5. The van der Waals surface area contributed by atoms with Crippen LogP contribution in [0.15, 0.2) is 18.2 Å². The monoisotopic (exact) mass is 261 g/mol. The van der Waals surface area contributed by atoms with Crippen molar-refractivity contribution in [3.63, 3.8) is 0 Å². The Morgan fingerprint density at radius 3 is 3.05 bits per heavy atom. The number of amides is 1. The molecule has 1 aromatic rings. The summed E-state index contributed by atoms with van der Waals surface area (Å²) in [6.07, 6.45) is 4.04. The molecule has 0 spiro atoms. The summed E-state index contributed by atoms with van der Waals surface area (Å²) in [6, 6.07) is 5.55. The summed E-state index contributed by atoms with van der Waals surface area (Å²) in [7, 11) is 0. The first-order valence-corrected chi connectivity index (χ1v) is 6.44. The SMILES string of the molecule is N#Cc1cc(NC(=O)C2CCCCCN2)ccc1F. The fraction of sp³-hybridized carbons (Fsp3) is 0.429. The van der Waals surface area contributed by atoms with Crippen LogP contribution in [-0.4, -0.2) is 18.5 Å². The van der Waals surface area contributed by atoms with Crippen molar-refractivity contribution in [2.75, 3.05) is 11.9 Å². The Morgan fingerprint density at radius 1 is 1.42 bits per heavy atom. The number of nitriles is 1. The van der Waals surface area contributed by atoms with Gasteiger partial charge in [0.25, 0.3) is 0 Å². The Hall–Kier alpha value is -1.93. The van der Waals surface area contributed by atoms with Crippen LogP contribution in [0.5, 0.6) is 0 Å². The maximum Gasteiger partial charge on any atom is 0.241 e. The van der Waals surface area contributed by atoms with E-state index in [9.17, 15) is 9.18 Å². The topological polar surface area (TPSA) is 64.9 Å². The standard InChI is InChI=1S/C14H16FN3O/c15-12-6-5-11(8-10(12)9-16)18-14(19)13-4-2-1-3-7-17-13/h5-6,8,13,17H,1-4,7H2,(H,18,19). The number of benzene rings is 1. The van der Waals surface area contributed by atoms with E-state index in [1.165, 1.54) is 18.2 Å². The first-order valence-electron chi connectivity index (χ1n) is 6.44. The molecular formula is C14H16FN3O. The molecule has 2 N–H and O–H groups in total. The zero-order valence-electron chi connectivity index (χ0n) is 10.6. The molecule has 5 heteroatoms. The largest absolute Gasteiger partial charge is 0.325 e. The van der Waals surface area contributed by atoms with Crippen molar-refractivity contribution in [1.29, 1.82) is 5.26 Å². The molecule has 1 heterocycles. The number of nitrogens with zero attached hydrogens (tertiary/aromatic N) is 1. The third-order valence-corrected chi connectivity index (χ3v) is 3.23. The van der Waals surface area contributed by atoms with Crippen molar-refractivity contribution in [3.8, 4) is 6.07 Å². The summed E-state index contributed by atoms with van der Waals surface area (Å²) >= 11 is 0. The minimum absolute atomic E-state index is 0.0633. The maximum absolute atomic E-state index is 13.2. The van der Waals surface area contributed by atoms with Crippen LogP contribution < -0.4 is 10.6 Å². The lowest BCUT2D eigenvalue weighted by molar-refractivity contribution is -0.118. The highest BCUT2D eigenvalue weighted by atomic mass is 19.1. The lowest BCUT2D eigenvalue weighted by atomic mass is 10.1. The van der Waals surface area contributed by atoms with Gasteiger partial charge in [0.15, 0.2) is 0 Å². The Labute approximate surface area is 111 Å². The molecule has 100 valence electrons. The van der Waals surface area contributed by atoms with Crippen LogP contribution in [-0.2, 0) is 4.79 Å². The molecule has 1 aliphatic rings. The van der Waals surface area contributed by atoms with Crippen LogP contribution in [0, 0.1) is 17.1 Å². The number of rotatable bonds is 2. The molecule has 1 atom stereocenters. The van der Waals surface area contributed by atoms with Crippen LogP contribution in [0.3, 0.4) is 0 Å². The van der Waals surface area contributed by atoms with Gasteiger partial charge in [-0.2, -0.15) is 5.26 Å². The Morgan fingerprint density at radius 2 is 2.26 bits per heavy atom. The number of carbonyl (C=O) groups is 1. The second-order valence-electron chi connectivity index (χ2n) is 4.65. The van der Waals surface area contributed by atoms with Gasteiger partial charge in [0.05, 0.1) is 11.6 Å². The minimum Gasteiger partial charge on any atom is -0.325 e. The van der Waals surface area contributed by atoms with Crippen LogP contribution in [0.4, 0.5) is 10.1 Å². The molecule has 19 heavy (non-hydrogen) atoms. The van der Waals surface area contributed by atoms with E-state index in [1.807, 2.05) is 0 Å². The fourth-order valence-electron chi connectivity index (χ4n) is 2.17. The highest BCUT2D eigenvalue weighted by molar-refractivity contribution is 5.95. The Bertz CT molecular complexity index is 502. The molecule has 1 amide bonds. The summed E-state index contributed by atoms with van der Waals surface area (Å²) in [6.45, 7) is 0.838. The number of nitrogens with one attached hydrogen (secondary N) is 2. The lowest BCUT2D eigenvalue weighted by Crippen LogP contribution is -2.39. The predicted octanol–water partition coefficient (Wildman–Crippen LogP) is 2.17. The Kier molecular flexibility index (Phi) is 4.48. The normalized spacial score (nSPS) is 19.3. The summed E-state index contributed by atoms with van der Waals surface area (Å²) in [5.41, 5.74) is 0.389. The summed E-state index contributed by atoms with van der Waals surface area (Å²) < 4.78 is 13.2. The van der Waals surface area contributed by atoms with Crippen LogP contribution >= 0.6 is 0 Å². The quantitative estimate of drug-likeness (QED) is 0.857. The molecule has 2 rings (SSSR count). The highest BCUT2D eigenvalue weighted by Crippen LogP contribution is 2.15. The molecule has 0 aliphatic carbocycles. The van der Waals surface area contributed by atoms with E-state index in [-0.39, 0.29) is 17.5 Å². The van der Waals surface area contributed by atoms with Gasteiger partial charge in [-0.05, 0) is 37.6 Å². The maximum atomic E-state index is 13.2. The van der Waals surface area contributed by atoms with E-state index in [2.05, 4.69) is 10.6 Å². The van der Waals surface area contributed by atoms with Crippen molar-refractivity contribution in [3.05, 3.63) is 29.6 Å². The van der Waals surface area contributed by atoms with E-state index in [0.29, 0.717) is 5.69 Å². The molecule has 0 bridgehead atoms. The second-order valence-corrected chi connectivity index (χ2v) is 4.65. The lowest BCUT2D eigenvalue weighted by Gasteiger charge is -2.15. The van der Waals surface area contributed by atoms with Gasteiger partial charge in [0, 0.05) is 5.69 Å². The number of anilines is 1. The predicted molar refractivity (Wildman–Crippen MR) is 70.0 cm³/mol. The molecule has 1 aromatic carbocycles. The van der Waals surface area contributed by atoms with Gasteiger partial charge in [0.2, 0.25) is 5.91 Å². The van der Waals surface area contributed by atoms with Gasteiger partial charge in [-0.25, -0.2) is 4.39 Å². The second kappa shape index (κ2) is 6.30. The summed E-state index contributed by atoms with van der Waals surface area (Å²) in [5, 5.41) is 14.7. The number of hydrogen-bond acceptors (Lipinski definition) is 3. The van der Waals surface area contributed by atoms with Crippen LogP contribution in [0.2, 0.25) is 0 Å². The molecular weight excluding hydrogens is 245 g/mol. The van der Waals surface area contributed by atoms with Gasteiger partial charge < -0.3 is 10.6 Å². The van der Waals surface area contributed by atoms with Crippen LogP contribution in [0.1, 0.15) is 31.2 Å². The summed E-state index contributed by atoms with van der Waals surface area (Å²) in [4.78, 5) is 12.1. The van der Waals surface area contributed by atoms with Crippen molar-refractivity contribution < 1.29 is 9.18 Å². The first-order chi connectivity index (χ1) is 9.20. The third-order valence-electron chi connectivity index (χ3n) is 3.23. The molecule has 0 radical (unpaired) electrons. The molecule has 4 nitrogen and oxygen atoms in total. The van der Waals surface area contributed by atoms with E-state index < -0.39 is 5.82 Å². The fourth-order valence-corrected chi connectivity index (χ4v) is 2.17. The van der Waals surface area contributed by atoms with Crippen molar-refractivity contribution in [2.24, 2.45) is 0 Å². The molecule has 1 aliphatic heterocycles. The third kappa shape index (κ3) is 3.52. The molecule has 1 unspecified atom stereocenters. The zero-order valence-corrected chi connectivity index (χ0v) is 10.6. The van der Waals surface area contributed by atoms with Gasteiger partial charge >= 0.3 is 0 Å². The smallest absolute Gasteiger partial charge is 0.241 e. The van der Waals surface area contributed by atoms with E-state index in [0.717, 1.165) is 32.2 Å². The van der Waals surface area contributed by atoms with Gasteiger partial charge in [-0.1, -0.05) is 12.8 Å². The Balaban J connectivity index is 2.04. The van der Waals surface area contributed by atoms with Gasteiger partial charge in [0.1, 0.15) is 11.9 Å². The average molecular weight is 261 g/mol. The number of halogens is 1. The van der Waals surface area contributed by atoms with E-state index in [1.54, 1.807) is 6.07 Å². The van der Waals surface area contributed by atoms with Crippen LogP contribution in [0.25, 0.3) is 0 Å². The number of carbonyl (C=O) groups excluding carboxylic acids is 1. The average Bonchev–Trinajstić information content (AvgIpc) is 2.70. The van der Waals surface area contributed by atoms with Crippen molar-refractivity contribution >= 4 is 11.6 Å². The van der Waals surface area contributed by atoms with Gasteiger partial charge in [-0.15, -0.1) is 0 Å². The highest BCUT2D eigenvalue weighted by Gasteiger charge is 2.19. The minimum atomic E-state index is -0.576. The zero-order chi connectivity index (χ0) is 13.7.